The second-order valence-corrected chi connectivity index (χ2v) is 4.44. The van der Waals surface area contributed by atoms with Crippen molar-refractivity contribution >= 4 is 6.08 Å². The van der Waals surface area contributed by atoms with Gasteiger partial charge in [0.15, 0.2) is 0 Å². The van der Waals surface area contributed by atoms with E-state index in [0.29, 0.717) is 6.04 Å². The summed E-state index contributed by atoms with van der Waals surface area (Å²) in [5.74, 6) is -0.0856. The smallest absolute Gasteiger partial charge is 0.250 e. The molecule has 0 bridgehead atoms. The maximum atomic E-state index is 10.9. The minimum absolute atomic E-state index is 0.0856. The van der Waals surface area contributed by atoms with E-state index in [9.17, 15) is 10.1 Å². The van der Waals surface area contributed by atoms with Crippen molar-refractivity contribution in [3.05, 3.63) is 34.0 Å². The van der Waals surface area contributed by atoms with Crippen molar-refractivity contribution in [2.45, 2.75) is 32.7 Å². The Morgan fingerprint density at radius 2 is 2.38 bits per heavy atom. The molecule has 1 aromatic rings. The van der Waals surface area contributed by atoms with Gasteiger partial charge in [-0.1, -0.05) is 13.8 Å². The van der Waals surface area contributed by atoms with Crippen molar-refractivity contribution in [3.8, 4) is 0 Å². The van der Waals surface area contributed by atoms with Crippen LogP contribution in [0.25, 0.3) is 6.08 Å². The molecule has 0 aromatic carbocycles. The van der Waals surface area contributed by atoms with E-state index in [1.165, 1.54) is 0 Å². The van der Waals surface area contributed by atoms with Gasteiger partial charge < -0.3 is 4.57 Å². The highest BCUT2D eigenvalue weighted by Gasteiger charge is 2.26. The summed E-state index contributed by atoms with van der Waals surface area (Å²) in [6.45, 7) is 3.65. The Balaban J connectivity index is 2.32. The summed E-state index contributed by atoms with van der Waals surface area (Å²) in [6, 6.07) is 0.494. The second kappa shape index (κ2) is 4.08. The fourth-order valence-electron chi connectivity index (χ4n) is 1.67. The van der Waals surface area contributed by atoms with Crippen LogP contribution in [0.3, 0.4) is 0 Å². The third-order valence-corrected chi connectivity index (χ3v) is 2.73. The first-order valence-corrected chi connectivity index (χ1v) is 5.47. The second-order valence-electron chi connectivity index (χ2n) is 4.44. The van der Waals surface area contributed by atoms with Crippen LogP contribution in [0.5, 0.6) is 0 Å². The number of hydrogen-bond acceptors (Lipinski definition) is 3. The number of nitro groups is 1. The average molecular weight is 221 g/mol. The summed E-state index contributed by atoms with van der Waals surface area (Å²) >= 11 is 0. The molecular weight excluding hydrogens is 206 g/mol. The number of hydrogen-bond donors (Lipinski definition) is 0. The molecule has 0 saturated heterocycles. The first kappa shape index (κ1) is 10.9. The highest BCUT2D eigenvalue weighted by Crippen LogP contribution is 2.36. The van der Waals surface area contributed by atoms with E-state index < -0.39 is 0 Å². The molecule has 0 radical (unpaired) electrons. The third kappa shape index (κ3) is 2.13. The van der Waals surface area contributed by atoms with Gasteiger partial charge in [0.1, 0.15) is 0 Å². The monoisotopic (exact) mass is 221 g/mol. The maximum Gasteiger partial charge on any atom is 0.250 e. The fourth-order valence-corrected chi connectivity index (χ4v) is 1.67. The Kier molecular flexibility index (Phi) is 2.77. The normalized spacial score (nSPS) is 16.8. The Morgan fingerprint density at radius 1 is 1.69 bits per heavy atom. The van der Waals surface area contributed by atoms with Crippen molar-refractivity contribution < 1.29 is 4.92 Å². The molecule has 1 heterocycles. The van der Waals surface area contributed by atoms with Gasteiger partial charge in [0.2, 0.25) is 0 Å². The van der Waals surface area contributed by atoms with Crippen LogP contribution in [0.4, 0.5) is 0 Å². The van der Waals surface area contributed by atoms with Crippen LogP contribution in [0.1, 0.15) is 38.4 Å². The van der Waals surface area contributed by atoms with Gasteiger partial charge in [0.25, 0.3) is 5.70 Å². The van der Waals surface area contributed by atoms with Gasteiger partial charge in [-0.3, -0.25) is 10.1 Å². The van der Waals surface area contributed by atoms with Crippen molar-refractivity contribution in [1.29, 1.82) is 0 Å². The van der Waals surface area contributed by atoms with Gasteiger partial charge in [-0.15, -0.1) is 0 Å². The van der Waals surface area contributed by atoms with E-state index in [4.69, 9.17) is 0 Å². The van der Waals surface area contributed by atoms with Crippen LogP contribution >= 0.6 is 0 Å². The van der Waals surface area contributed by atoms with Crippen molar-refractivity contribution in [1.82, 2.24) is 9.55 Å². The first-order valence-electron chi connectivity index (χ1n) is 5.47. The average Bonchev–Trinajstić information content (AvgIpc) is 2.94. The molecule has 0 atom stereocenters. The van der Waals surface area contributed by atoms with E-state index in [1.807, 2.05) is 18.4 Å². The molecule has 5 heteroatoms. The zero-order chi connectivity index (χ0) is 11.7. The van der Waals surface area contributed by atoms with Gasteiger partial charge in [0, 0.05) is 18.0 Å². The van der Waals surface area contributed by atoms with Crippen LogP contribution in [-0.4, -0.2) is 14.5 Å². The summed E-state index contributed by atoms with van der Waals surface area (Å²) in [4.78, 5) is 14.6. The fraction of sp³-hybridized carbons (Fsp3) is 0.545. The molecular formula is C11H15N3O2. The number of nitrogens with zero attached hydrogens (tertiary/aromatic N) is 3. The summed E-state index contributed by atoms with van der Waals surface area (Å²) in [5.41, 5.74) is 1.07. The Hall–Kier alpha value is -1.65. The lowest BCUT2D eigenvalue weighted by Crippen LogP contribution is -2.06. The lowest BCUT2D eigenvalue weighted by Gasteiger charge is -2.04. The van der Waals surface area contributed by atoms with E-state index in [2.05, 4.69) is 4.98 Å². The number of imidazole rings is 1. The predicted octanol–water partition coefficient (Wildman–Crippen LogP) is 2.49. The topological polar surface area (TPSA) is 61.0 Å². The third-order valence-electron chi connectivity index (χ3n) is 2.73. The van der Waals surface area contributed by atoms with Gasteiger partial charge in [-0.2, -0.15) is 0 Å². The van der Waals surface area contributed by atoms with Gasteiger partial charge in [-0.05, 0) is 12.8 Å². The quantitative estimate of drug-likeness (QED) is 0.579. The van der Waals surface area contributed by atoms with Crippen LogP contribution < -0.4 is 0 Å². The zero-order valence-electron chi connectivity index (χ0n) is 9.46. The van der Waals surface area contributed by atoms with E-state index >= 15 is 0 Å². The first-order chi connectivity index (χ1) is 7.59. The molecule has 0 aliphatic heterocycles. The lowest BCUT2D eigenvalue weighted by molar-refractivity contribution is -0.431. The minimum Gasteiger partial charge on any atom is -0.328 e. The molecule has 1 aromatic heterocycles. The van der Waals surface area contributed by atoms with Crippen molar-refractivity contribution in [2.75, 3.05) is 0 Å². The Bertz CT molecular complexity index is 430. The molecule has 5 nitrogen and oxygen atoms in total. The minimum atomic E-state index is -0.311. The molecule has 1 fully saturated rings. The van der Waals surface area contributed by atoms with Gasteiger partial charge in [0.05, 0.1) is 23.1 Å². The van der Waals surface area contributed by atoms with Crippen LogP contribution in [0.15, 0.2) is 18.2 Å². The molecule has 16 heavy (non-hydrogen) atoms. The SMILES string of the molecule is CC(C)C(=Cc1cncn1C1CC1)[N+](=O)[O-]. The molecule has 0 N–H and O–H groups in total. The molecule has 86 valence electrons. The molecule has 1 aliphatic carbocycles. The lowest BCUT2D eigenvalue weighted by atomic mass is 10.1. The molecule has 1 saturated carbocycles. The Morgan fingerprint density at radius 3 is 2.88 bits per heavy atom. The van der Waals surface area contributed by atoms with Gasteiger partial charge >= 0.3 is 0 Å². The van der Waals surface area contributed by atoms with E-state index in [0.717, 1.165) is 18.5 Å². The molecule has 1 aliphatic rings. The van der Waals surface area contributed by atoms with Crippen LogP contribution in [-0.2, 0) is 0 Å². The summed E-state index contributed by atoms with van der Waals surface area (Å²) in [6.07, 6.45) is 7.36. The standard InChI is InChI=1S/C11H15N3O2/c1-8(2)11(14(15)16)5-10-6-12-7-13(10)9-3-4-9/h5-9H,3-4H2,1-2H3. The maximum absolute atomic E-state index is 10.9. The molecule has 2 rings (SSSR count). The highest BCUT2D eigenvalue weighted by molar-refractivity contribution is 5.47. The number of rotatable bonds is 4. The van der Waals surface area contributed by atoms with Crippen LogP contribution in [0.2, 0.25) is 0 Å². The molecule has 0 amide bonds. The van der Waals surface area contributed by atoms with Crippen LogP contribution in [0, 0.1) is 16.0 Å². The summed E-state index contributed by atoms with van der Waals surface area (Å²) < 4.78 is 2.02. The predicted molar refractivity (Wildman–Crippen MR) is 60.3 cm³/mol. The molecule has 0 spiro atoms. The number of allylic oxidation sites excluding steroid dienone is 1. The van der Waals surface area contributed by atoms with Crippen molar-refractivity contribution in [2.24, 2.45) is 5.92 Å². The van der Waals surface area contributed by atoms with E-state index in [-0.39, 0.29) is 16.5 Å². The Labute approximate surface area is 93.9 Å². The van der Waals surface area contributed by atoms with Crippen molar-refractivity contribution in [3.63, 3.8) is 0 Å². The summed E-state index contributed by atoms with van der Waals surface area (Å²) in [7, 11) is 0. The van der Waals surface area contributed by atoms with E-state index in [1.54, 1.807) is 18.6 Å². The molecule has 0 unspecified atom stereocenters. The number of aromatic nitrogens is 2. The van der Waals surface area contributed by atoms with Gasteiger partial charge in [-0.25, -0.2) is 4.98 Å². The zero-order valence-corrected chi connectivity index (χ0v) is 9.46. The largest absolute Gasteiger partial charge is 0.328 e. The highest BCUT2D eigenvalue weighted by atomic mass is 16.6. The summed E-state index contributed by atoms with van der Waals surface area (Å²) in [5, 5.41) is 10.9.